The Bertz CT molecular complexity index is 930. The van der Waals surface area contributed by atoms with Crippen LogP contribution in [-0.4, -0.2) is 44.2 Å². The molecule has 3 N–H and O–H groups in total. The zero-order valence-electron chi connectivity index (χ0n) is 22.0. The van der Waals surface area contributed by atoms with Crippen LogP contribution in [0, 0.1) is 17.2 Å². The Hall–Kier alpha value is -1.56. The van der Waals surface area contributed by atoms with Gasteiger partial charge in [-0.25, -0.2) is 4.79 Å². The van der Waals surface area contributed by atoms with Crippen LogP contribution < -0.4 is 11.4 Å². The summed E-state index contributed by atoms with van der Waals surface area (Å²) in [4.78, 5) is 27.9. The highest BCUT2D eigenvalue weighted by atomic mass is 28.5. The standard InChI is InChI=1S/C23H42N4O5Si2/c1-15(2)33(29,16(3)4)32-34(17(5)6,18(7)8)30-13-20-12-19(9)23(14-24,31-20)27-11-10-21(25)26-22(27)28/h10-11,15-20,29H,12-13H2,1-9H3,(H2,25,26,28)/t19-,20-,23+/m0/s1. The third-order valence-corrected chi connectivity index (χ3v) is 16.8. The van der Waals surface area contributed by atoms with Gasteiger partial charge in [0, 0.05) is 12.1 Å². The van der Waals surface area contributed by atoms with E-state index in [1.807, 2.05) is 34.6 Å². The molecule has 1 fully saturated rings. The summed E-state index contributed by atoms with van der Waals surface area (Å²) in [6.45, 7) is 18.5. The minimum Gasteiger partial charge on any atom is -0.414 e. The number of aromatic nitrogens is 2. The van der Waals surface area contributed by atoms with Gasteiger partial charge in [0.2, 0.25) is 5.72 Å². The van der Waals surface area contributed by atoms with Crippen molar-refractivity contribution in [2.75, 3.05) is 12.3 Å². The number of anilines is 1. The van der Waals surface area contributed by atoms with Gasteiger partial charge >= 0.3 is 22.8 Å². The maximum Gasteiger partial charge on any atom is 0.352 e. The maximum absolute atomic E-state index is 12.5. The lowest BCUT2D eigenvalue weighted by Gasteiger charge is -2.46. The lowest BCUT2D eigenvalue weighted by molar-refractivity contribution is -0.0874. The first-order chi connectivity index (χ1) is 15.7. The molecule has 11 heteroatoms. The van der Waals surface area contributed by atoms with E-state index in [2.05, 4.69) is 38.7 Å². The Labute approximate surface area is 205 Å². The molecule has 0 aliphatic carbocycles. The molecule has 192 valence electrons. The van der Waals surface area contributed by atoms with Gasteiger partial charge in [-0.2, -0.15) is 10.2 Å². The third-order valence-electron chi connectivity index (χ3n) is 7.06. The van der Waals surface area contributed by atoms with Crippen molar-refractivity contribution in [1.82, 2.24) is 9.55 Å². The molecule has 0 spiro atoms. The van der Waals surface area contributed by atoms with E-state index in [0.717, 1.165) is 0 Å². The number of hydrogen-bond donors (Lipinski definition) is 2. The Morgan fingerprint density at radius 2 is 1.79 bits per heavy atom. The SMILES string of the molecule is CC(C)[Si](O)(O[Si](OC[C@@H]1C[C@H](C)[C@](C#N)(n2ccc(N)nc2=O)O1)(C(C)C)C(C)C)C(C)C. The average Bonchev–Trinajstić information content (AvgIpc) is 3.06. The molecule has 2 heterocycles. The Morgan fingerprint density at radius 1 is 1.24 bits per heavy atom. The van der Waals surface area contributed by atoms with Gasteiger partial charge in [-0.15, -0.1) is 0 Å². The van der Waals surface area contributed by atoms with Crippen molar-refractivity contribution in [3.63, 3.8) is 0 Å². The highest BCUT2D eigenvalue weighted by molar-refractivity contribution is 6.83. The van der Waals surface area contributed by atoms with E-state index in [1.54, 1.807) is 0 Å². The van der Waals surface area contributed by atoms with Crippen LogP contribution in [0.5, 0.6) is 0 Å². The molecule has 0 bridgehead atoms. The molecule has 34 heavy (non-hydrogen) atoms. The van der Waals surface area contributed by atoms with E-state index < -0.39 is 34.6 Å². The fourth-order valence-corrected chi connectivity index (χ4v) is 14.7. The second-order valence-corrected chi connectivity index (χ2v) is 19.4. The van der Waals surface area contributed by atoms with Crippen LogP contribution in [0.2, 0.25) is 22.2 Å². The monoisotopic (exact) mass is 510 g/mol. The quantitative estimate of drug-likeness (QED) is 0.452. The summed E-state index contributed by atoms with van der Waals surface area (Å²) in [5.41, 5.74) is 3.71. The molecule has 1 aromatic rings. The number of ether oxygens (including phenoxy) is 1. The number of nitrogen functional groups attached to an aromatic ring is 1. The molecule has 0 saturated carbocycles. The smallest absolute Gasteiger partial charge is 0.352 e. The minimum atomic E-state index is -3.08. The van der Waals surface area contributed by atoms with Gasteiger partial charge in [0.25, 0.3) is 0 Å². The second-order valence-electron chi connectivity index (χ2n) is 10.7. The van der Waals surface area contributed by atoms with Crippen LogP contribution in [0.25, 0.3) is 0 Å². The molecular formula is C23H42N4O5Si2. The van der Waals surface area contributed by atoms with Crippen molar-refractivity contribution < 1.29 is 18.1 Å². The van der Waals surface area contributed by atoms with Gasteiger partial charge in [-0.3, -0.25) is 4.57 Å². The summed E-state index contributed by atoms with van der Waals surface area (Å²) < 4.78 is 20.8. The topological polar surface area (TPSA) is 133 Å². The van der Waals surface area contributed by atoms with Crippen molar-refractivity contribution in [1.29, 1.82) is 5.26 Å². The summed E-state index contributed by atoms with van der Waals surface area (Å²) >= 11 is 0. The first-order valence-corrected chi connectivity index (χ1v) is 16.2. The molecule has 0 radical (unpaired) electrons. The van der Waals surface area contributed by atoms with Crippen molar-refractivity contribution in [2.24, 2.45) is 5.92 Å². The van der Waals surface area contributed by atoms with Gasteiger partial charge in [0.1, 0.15) is 11.9 Å². The summed E-state index contributed by atoms with van der Waals surface area (Å²) in [7, 11) is -5.98. The largest absolute Gasteiger partial charge is 0.414 e. The normalized spacial score (nSPS) is 23.9. The zero-order chi connectivity index (χ0) is 26.1. The zero-order valence-corrected chi connectivity index (χ0v) is 24.0. The van der Waals surface area contributed by atoms with Gasteiger partial charge in [-0.1, -0.05) is 62.3 Å². The van der Waals surface area contributed by atoms with Crippen LogP contribution in [0.3, 0.4) is 0 Å². The fourth-order valence-electron chi connectivity index (χ4n) is 4.87. The number of nitrogens with two attached hydrogens (primary N) is 1. The van der Waals surface area contributed by atoms with Gasteiger partial charge < -0.3 is 23.8 Å². The highest BCUT2D eigenvalue weighted by Crippen LogP contribution is 2.44. The molecule has 1 aliphatic rings. The number of hydrogen-bond acceptors (Lipinski definition) is 8. The predicted octanol–water partition coefficient (Wildman–Crippen LogP) is 3.98. The maximum atomic E-state index is 12.5. The molecule has 2 rings (SSSR count). The molecule has 0 aromatic carbocycles. The predicted molar refractivity (Wildman–Crippen MR) is 136 cm³/mol. The van der Waals surface area contributed by atoms with Crippen molar-refractivity contribution >= 4 is 22.9 Å². The lowest BCUT2D eigenvalue weighted by Crippen LogP contribution is -2.60. The summed E-state index contributed by atoms with van der Waals surface area (Å²) in [6.07, 6.45) is 1.57. The lowest BCUT2D eigenvalue weighted by atomic mass is 9.96. The van der Waals surface area contributed by atoms with E-state index in [9.17, 15) is 14.9 Å². The van der Waals surface area contributed by atoms with Crippen molar-refractivity contribution in [3.05, 3.63) is 22.7 Å². The number of rotatable bonds is 10. The molecular weight excluding hydrogens is 468 g/mol. The Morgan fingerprint density at radius 3 is 2.24 bits per heavy atom. The fraction of sp³-hybridized carbons (Fsp3) is 0.783. The van der Waals surface area contributed by atoms with Crippen LogP contribution in [-0.2, 0) is 19.0 Å². The summed E-state index contributed by atoms with van der Waals surface area (Å²) in [5, 5.41) is 10.1. The third kappa shape index (κ3) is 5.17. The van der Waals surface area contributed by atoms with Crippen molar-refractivity contribution in [3.8, 4) is 6.07 Å². The number of nitriles is 1. The van der Waals surface area contributed by atoms with Gasteiger partial charge in [-0.05, 0) is 34.7 Å². The van der Waals surface area contributed by atoms with E-state index in [-0.39, 0.29) is 40.5 Å². The second kappa shape index (κ2) is 10.6. The van der Waals surface area contributed by atoms with Gasteiger partial charge in [0.15, 0.2) is 0 Å². The molecule has 1 aliphatic heterocycles. The van der Waals surface area contributed by atoms with Crippen LogP contribution in [0.15, 0.2) is 17.1 Å². The van der Waals surface area contributed by atoms with E-state index in [1.165, 1.54) is 16.8 Å². The summed E-state index contributed by atoms with van der Waals surface area (Å²) in [5.74, 6) is -0.185. The first-order valence-electron chi connectivity index (χ1n) is 12.2. The van der Waals surface area contributed by atoms with E-state index in [0.29, 0.717) is 6.42 Å². The van der Waals surface area contributed by atoms with Crippen molar-refractivity contribution in [2.45, 2.75) is 103 Å². The first kappa shape index (κ1) is 28.7. The molecule has 0 unspecified atom stereocenters. The highest BCUT2D eigenvalue weighted by Gasteiger charge is 2.56. The molecule has 9 nitrogen and oxygen atoms in total. The van der Waals surface area contributed by atoms with E-state index in [4.69, 9.17) is 19.0 Å². The van der Waals surface area contributed by atoms with E-state index >= 15 is 0 Å². The molecule has 3 atom stereocenters. The van der Waals surface area contributed by atoms with Crippen LogP contribution >= 0.6 is 0 Å². The van der Waals surface area contributed by atoms with Crippen LogP contribution in [0.4, 0.5) is 5.82 Å². The Kier molecular flexibility index (Phi) is 8.94. The van der Waals surface area contributed by atoms with Gasteiger partial charge in [0.05, 0.1) is 12.7 Å². The molecule has 1 saturated heterocycles. The number of nitrogens with zero attached hydrogens (tertiary/aromatic N) is 3. The van der Waals surface area contributed by atoms with Crippen LogP contribution in [0.1, 0.15) is 68.7 Å². The minimum absolute atomic E-state index is 0.0133. The molecule has 0 amide bonds. The molecule has 1 aromatic heterocycles. The Balaban J connectivity index is 2.34. The summed E-state index contributed by atoms with van der Waals surface area (Å²) in [6, 6.07) is 3.68. The average molecular weight is 511 g/mol.